The van der Waals surface area contributed by atoms with E-state index in [4.69, 9.17) is 4.74 Å². The second kappa shape index (κ2) is 6.75. The number of carbonyl (C=O) groups excluding carboxylic acids is 1. The van der Waals surface area contributed by atoms with E-state index in [1.54, 1.807) is 30.5 Å². The molecule has 2 aromatic rings. The molecule has 0 radical (unpaired) electrons. The molecule has 0 aliphatic rings. The van der Waals surface area contributed by atoms with Crippen molar-refractivity contribution in [2.24, 2.45) is 0 Å². The van der Waals surface area contributed by atoms with Gasteiger partial charge >= 0.3 is 0 Å². The van der Waals surface area contributed by atoms with Crippen LogP contribution in [0.2, 0.25) is 0 Å². The number of nitrogens with one attached hydrogen (secondary N) is 1. The van der Waals surface area contributed by atoms with Crippen molar-refractivity contribution < 1.29 is 9.53 Å². The van der Waals surface area contributed by atoms with E-state index in [-0.39, 0.29) is 5.91 Å². The summed E-state index contributed by atoms with van der Waals surface area (Å²) >= 11 is 0. The van der Waals surface area contributed by atoms with Crippen LogP contribution < -0.4 is 10.1 Å². The van der Waals surface area contributed by atoms with Crippen LogP contribution in [0.5, 0.6) is 5.75 Å². The Morgan fingerprint density at radius 1 is 1.30 bits per heavy atom. The van der Waals surface area contributed by atoms with Gasteiger partial charge in [0.15, 0.2) is 0 Å². The van der Waals surface area contributed by atoms with Gasteiger partial charge < -0.3 is 10.1 Å². The van der Waals surface area contributed by atoms with Gasteiger partial charge in [0.25, 0.3) is 5.91 Å². The number of aromatic nitrogens is 2. The zero-order chi connectivity index (χ0) is 14.4. The van der Waals surface area contributed by atoms with Crippen molar-refractivity contribution in [1.29, 1.82) is 0 Å². The normalized spacial score (nSPS) is 10.3. The van der Waals surface area contributed by atoms with E-state index in [1.165, 1.54) is 0 Å². The fourth-order valence-electron chi connectivity index (χ4n) is 1.82. The van der Waals surface area contributed by atoms with Gasteiger partial charge in [-0.25, -0.2) is 0 Å². The first-order valence-electron chi connectivity index (χ1n) is 6.75. The van der Waals surface area contributed by atoms with E-state index in [2.05, 4.69) is 10.4 Å². The molecule has 0 atom stereocenters. The summed E-state index contributed by atoms with van der Waals surface area (Å²) in [6.45, 7) is 5.87. The highest BCUT2D eigenvalue weighted by atomic mass is 16.5. The van der Waals surface area contributed by atoms with E-state index in [0.29, 0.717) is 18.7 Å². The lowest BCUT2D eigenvalue weighted by molar-refractivity contribution is 0.0951. The average molecular weight is 273 g/mol. The molecule has 1 N–H and O–H groups in total. The van der Waals surface area contributed by atoms with Crippen LogP contribution >= 0.6 is 0 Å². The van der Waals surface area contributed by atoms with E-state index < -0.39 is 0 Å². The van der Waals surface area contributed by atoms with Gasteiger partial charge in [0.05, 0.1) is 12.8 Å². The number of rotatable bonds is 6. The second-order valence-corrected chi connectivity index (χ2v) is 4.34. The topological polar surface area (TPSA) is 56.1 Å². The highest BCUT2D eigenvalue weighted by Gasteiger charge is 2.06. The first-order valence-corrected chi connectivity index (χ1v) is 6.75. The molecule has 5 heteroatoms. The zero-order valence-corrected chi connectivity index (χ0v) is 11.8. The monoisotopic (exact) mass is 273 g/mol. The first kappa shape index (κ1) is 14.1. The summed E-state index contributed by atoms with van der Waals surface area (Å²) in [7, 11) is 0. The smallest absolute Gasteiger partial charge is 0.251 e. The van der Waals surface area contributed by atoms with Crippen molar-refractivity contribution in [3.8, 4) is 5.75 Å². The number of nitrogens with zero attached hydrogens (tertiary/aromatic N) is 2. The summed E-state index contributed by atoms with van der Waals surface area (Å²) in [5.41, 5.74) is 1.61. The van der Waals surface area contributed by atoms with Gasteiger partial charge in [0.1, 0.15) is 5.75 Å². The SMILES string of the molecule is CCOc1ccc(C(=O)NCc2cnn(CC)c2)cc1. The van der Waals surface area contributed by atoms with Crippen LogP contribution in [-0.2, 0) is 13.1 Å². The molecule has 20 heavy (non-hydrogen) atoms. The molecule has 0 saturated heterocycles. The number of aryl methyl sites for hydroxylation is 1. The maximum atomic E-state index is 12.0. The molecule has 0 spiro atoms. The Morgan fingerprint density at radius 3 is 2.65 bits per heavy atom. The third-order valence-corrected chi connectivity index (χ3v) is 2.89. The maximum Gasteiger partial charge on any atom is 0.251 e. The standard InChI is InChI=1S/C15H19N3O2/c1-3-18-11-12(10-17-18)9-16-15(19)13-5-7-14(8-6-13)20-4-2/h5-8,10-11H,3-4,9H2,1-2H3,(H,16,19). The third-order valence-electron chi connectivity index (χ3n) is 2.89. The zero-order valence-electron chi connectivity index (χ0n) is 11.8. The van der Waals surface area contributed by atoms with Gasteiger partial charge in [-0.15, -0.1) is 0 Å². The summed E-state index contributed by atoms with van der Waals surface area (Å²) in [6.07, 6.45) is 3.69. The van der Waals surface area contributed by atoms with E-state index in [1.807, 2.05) is 24.7 Å². The van der Waals surface area contributed by atoms with Crippen molar-refractivity contribution in [3.63, 3.8) is 0 Å². The van der Waals surface area contributed by atoms with E-state index in [9.17, 15) is 4.79 Å². The highest BCUT2D eigenvalue weighted by molar-refractivity contribution is 5.94. The van der Waals surface area contributed by atoms with Gasteiger partial charge in [-0.2, -0.15) is 5.10 Å². The van der Waals surface area contributed by atoms with Crippen LogP contribution in [0.3, 0.4) is 0 Å². The Bertz CT molecular complexity index is 561. The van der Waals surface area contributed by atoms with Crippen LogP contribution in [0.15, 0.2) is 36.7 Å². The summed E-state index contributed by atoms with van der Waals surface area (Å²) in [5, 5.41) is 7.04. The molecule has 0 aliphatic heterocycles. The van der Waals surface area contributed by atoms with Crippen molar-refractivity contribution >= 4 is 5.91 Å². The molecule has 1 aromatic carbocycles. The quantitative estimate of drug-likeness (QED) is 0.878. The molecule has 0 saturated carbocycles. The molecular weight excluding hydrogens is 254 g/mol. The van der Waals surface area contributed by atoms with Gasteiger partial charge in [-0.05, 0) is 38.1 Å². The minimum absolute atomic E-state index is 0.0997. The predicted molar refractivity (Wildman–Crippen MR) is 76.7 cm³/mol. The largest absolute Gasteiger partial charge is 0.494 e. The van der Waals surface area contributed by atoms with Gasteiger partial charge in [-0.3, -0.25) is 9.48 Å². The van der Waals surface area contributed by atoms with Gasteiger partial charge in [0.2, 0.25) is 0 Å². The molecule has 106 valence electrons. The number of hydrogen-bond acceptors (Lipinski definition) is 3. The van der Waals surface area contributed by atoms with Crippen molar-refractivity contribution in [2.75, 3.05) is 6.61 Å². The number of carbonyl (C=O) groups is 1. The Balaban J connectivity index is 1.90. The Hall–Kier alpha value is -2.30. The lowest BCUT2D eigenvalue weighted by Gasteiger charge is -2.06. The summed E-state index contributed by atoms with van der Waals surface area (Å²) in [4.78, 5) is 12.0. The van der Waals surface area contributed by atoms with Crippen molar-refractivity contribution in [2.45, 2.75) is 26.9 Å². The second-order valence-electron chi connectivity index (χ2n) is 4.34. The lowest BCUT2D eigenvalue weighted by Crippen LogP contribution is -2.22. The number of hydrogen-bond donors (Lipinski definition) is 1. The Kier molecular flexibility index (Phi) is 4.76. The molecule has 0 unspecified atom stereocenters. The minimum Gasteiger partial charge on any atom is -0.494 e. The molecule has 2 rings (SSSR count). The third kappa shape index (κ3) is 3.60. The summed E-state index contributed by atoms with van der Waals surface area (Å²) in [6, 6.07) is 7.12. The highest BCUT2D eigenvalue weighted by Crippen LogP contribution is 2.12. The fourth-order valence-corrected chi connectivity index (χ4v) is 1.82. The minimum atomic E-state index is -0.0997. The van der Waals surface area contributed by atoms with Crippen LogP contribution in [0.25, 0.3) is 0 Å². The van der Waals surface area contributed by atoms with Crippen molar-refractivity contribution in [1.82, 2.24) is 15.1 Å². The fraction of sp³-hybridized carbons (Fsp3) is 0.333. The van der Waals surface area contributed by atoms with Crippen molar-refractivity contribution in [3.05, 3.63) is 47.8 Å². The molecule has 1 heterocycles. The molecule has 5 nitrogen and oxygen atoms in total. The molecule has 0 bridgehead atoms. The Morgan fingerprint density at radius 2 is 2.05 bits per heavy atom. The van der Waals surface area contributed by atoms with Crippen LogP contribution in [-0.4, -0.2) is 22.3 Å². The maximum absolute atomic E-state index is 12.0. The Labute approximate surface area is 118 Å². The molecule has 1 amide bonds. The summed E-state index contributed by atoms with van der Waals surface area (Å²) in [5.74, 6) is 0.672. The van der Waals surface area contributed by atoms with E-state index in [0.717, 1.165) is 17.9 Å². The van der Waals surface area contributed by atoms with Gasteiger partial charge in [-0.1, -0.05) is 0 Å². The van der Waals surface area contributed by atoms with Crippen LogP contribution in [0.4, 0.5) is 0 Å². The molecule has 0 aliphatic carbocycles. The van der Waals surface area contributed by atoms with Crippen LogP contribution in [0, 0.1) is 0 Å². The number of ether oxygens (including phenoxy) is 1. The average Bonchev–Trinajstić information content (AvgIpc) is 2.94. The number of amides is 1. The molecular formula is C15H19N3O2. The first-order chi connectivity index (χ1) is 9.72. The van der Waals surface area contributed by atoms with Gasteiger partial charge in [0, 0.05) is 30.4 Å². The molecule has 1 aromatic heterocycles. The summed E-state index contributed by atoms with van der Waals surface area (Å²) < 4.78 is 7.17. The lowest BCUT2D eigenvalue weighted by atomic mass is 10.2. The molecule has 0 fully saturated rings. The number of benzene rings is 1. The van der Waals surface area contributed by atoms with E-state index >= 15 is 0 Å². The predicted octanol–water partition coefficient (Wildman–Crippen LogP) is 2.23. The van der Waals surface area contributed by atoms with Crippen LogP contribution in [0.1, 0.15) is 29.8 Å².